The molecule has 3 rings (SSSR count). The van der Waals surface area contributed by atoms with Gasteiger partial charge in [-0.2, -0.15) is 0 Å². The molecule has 0 saturated carbocycles. The lowest BCUT2D eigenvalue weighted by atomic mass is 10.2. The van der Waals surface area contributed by atoms with Crippen LogP contribution in [0, 0.1) is 10.1 Å². The van der Waals surface area contributed by atoms with Gasteiger partial charge >= 0.3 is 0 Å². The standard InChI is InChI=1S/C15H10N4O2S/c20-19(21)14-3-1-2-11(8-14)15-18-13(9-22-15)5-4-12-6-7-16-10-17-12/h1-10H. The highest BCUT2D eigenvalue weighted by Gasteiger charge is 2.09. The monoisotopic (exact) mass is 310 g/mol. The van der Waals surface area contributed by atoms with E-state index >= 15 is 0 Å². The lowest BCUT2D eigenvalue weighted by molar-refractivity contribution is -0.384. The van der Waals surface area contributed by atoms with Gasteiger partial charge in [0.25, 0.3) is 5.69 Å². The Morgan fingerprint density at radius 2 is 2.05 bits per heavy atom. The second kappa shape index (κ2) is 6.23. The van der Waals surface area contributed by atoms with E-state index in [2.05, 4.69) is 15.0 Å². The summed E-state index contributed by atoms with van der Waals surface area (Å²) in [6.45, 7) is 0. The van der Waals surface area contributed by atoms with Gasteiger partial charge < -0.3 is 0 Å². The van der Waals surface area contributed by atoms with Gasteiger partial charge in [0, 0.05) is 29.3 Å². The highest BCUT2D eigenvalue weighted by atomic mass is 32.1. The normalized spacial score (nSPS) is 10.9. The number of non-ortho nitro benzene ring substituents is 1. The van der Waals surface area contributed by atoms with Gasteiger partial charge in [0.15, 0.2) is 0 Å². The van der Waals surface area contributed by atoms with Crippen LogP contribution in [0.5, 0.6) is 0 Å². The average Bonchev–Trinajstić information content (AvgIpc) is 3.03. The molecular weight excluding hydrogens is 300 g/mol. The minimum atomic E-state index is -0.410. The lowest BCUT2D eigenvalue weighted by Gasteiger charge is -1.95. The highest BCUT2D eigenvalue weighted by Crippen LogP contribution is 2.27. The largest absolute Gasteiger partial charge is 0.270 e. The van der Waals surface area contributed by atoms with Gasteiger partial charge in [-0.05, 0) is 18.2 Å². The third kappa shape index (κ3) is 3.21. The van der Waals surface area contributed by atoms with Gasteiger partial charge in [-0.3, -0.25) is 10.1 Å². The summed E-state index contributed by atoms with van der Waals surface area (Å²) in [6, 6.07) is 8.25. The molecule has 0 saturated heterocycles. The quantitative estimate of drug-likeness (QED) is 0.542. The van der Waals surface area contributed by atoms with E-state index in [-0.39, 0.29) is 5.69 Å². The zero-order valence-electron chi connectivity index (χ0n) is 11.3. The SMILES string of the molecule is O=[N+]([O-])c1cccc(-c2nc(C=Cc3ccncn3)cs2)c1. The van der Waals surface area contributed by atoms with E-state index < -0.39 is 4.92 Å². The molecule has 0 spiro atoms. The van der Waals surface area contributed by atoms with Crippen LogP contribution in [0.15, 0.2) is 48.2 Å². The summed E-state index contributed by atoms with van der Waals surface area (Å²) < 4.78 is 0. The van der Waals surface area contributed by atoms with Crippen LogP contribution in [0.25, 0.3) is 22.7 Å². The maximum absolute atomic E-state index is 10.8. The third-order valence-corrected chi connectivity index (χ3v) is 3.77. The van der Waals surface area contributed by atoms with E-state index in [1.807, 2.05) is 23.6 Å². The van der Waals surface area contributed by atoms with Crippen molar-refractivity contribution in [2.45, 2.75) is 0 Å². The summed E-state index contributed by atoms with van der Waals surface area (Å²) in [5.74, 6) is 0. The number of benzene rings is 1. The Hall–Kier alpha value is -2.93. The Bertz CT molecular complexity index is 830. The number of nitrogens with zero attached hydrogens (tertiary/aromatic N) is 4. The first kappa shape index (κ1) is 14.0. The van der Waals surface area contributed by atoms with Gasteiger partial charge in [0.1, 0.15) is 11.3 Å². The molecule has 0 N–H and O–H groups in total. The summed E-state index contributed by atoms with van der Waals surface area (Å²) in [4.78, 5) is 22.8. The van der Waals surface area contributed by atoms with Crippen molar-refractivity contribution in [2.75, 3.05) is 0 Å². The van der Waals surface area contributed by atoms with E-state index in [0.717, 1.165) is 22.0 Å². The van der Waals surface area contributed by atoms with Gasteiger partial charge in [-0.15, -0.1) is 11.3 Å². The van der Waals surface area contributed by atoms with Crippen molar-refractivity contribution in [1.82, 2.24) is 15.0 Å². The molecule has 0 amide bonds. The van der Waals surface area contributed by atoms with Crippen molar-refractivity contribution in [3.8, 4) is 10.6 Å². The van der Waals surface area contributed by atoms with Crippen LogP contribution < -0.4 is 0 Å². The maximum Gasteiger partial charge on any atom is 0.270 e. The minimum absolute atomic E-state index is 0.0609. The molecule has 108 valence electrons. The molecule has 0 bridgehead atoms. The fraction of sp³-hybridized carbons (Fsp3) is 0. The summed E-state index contributed by atoms with van der Waals surface area (Å²) in [5.41, 5.74) is 2.37. The van der Waals surface area contributed by atoms with Crippen LogP contribution in [-0.4, -0.2) is 19.9 Å². The molecule has 6 nitrogen and oxygen atoms in total. The van der Waals surface area contributed by atoms with Crippen molar-refractivity contribution >= 4 is 29.2 Å². The molecule has 3 aromatic rings. The molecule has 22 heavy (non-hydrogen) atoms. The molecule has 0 aliphatic carbocycles. The van der Waals surface area contributed by atoms with Crippen LogP contribution in [0.4, 0.5) is 5.69 Å². The average molecular weight is 310 g/mol. The Morgan fingerprint density at radius 3 is 2.82 bits per heavy atom. The fourth-order valence-electron chi connectivity index (χ4n) is 1.82. The van der Waals surface area contributed by atoms with Gasteiger partial charge in [-0.25, -0.2) is 15.0 Å². The van der Waals surface area contributed by atoms with Crippen molar-refractivity contribution < 1.29 is 4.92 Å². The van der Waals surface area contributed by atoms with Crippen LogP contribution in [0.3, 0.4) is 0 Å². The molecule has 0 fully saturated rings. The summed E-state index contributed by atoms with van der Waals surface area (Å²) in [6.07, 6.45) is 6.84. The van der Waals surface area contributed by atoms with E-state index in [9.17, 15) is 10.1 Å². The second-order valence-electron chi connectivity index (χ2n) is 4.35. The molecule has 2 heterocycles. The summed E-state index contributed by atoms with van der Waals surface area (Å²) in [7, 11) is 0. The predicted octanol–water partition coefficient (Wildman–Crippen LogP) is 3.68. The molecule has 7 heteroatoms. The van der Waals surface area contributed by atoms with Crippen LogP contribution in [-0.2, 0) is 0 Å². The summed E-state index contributed by atoms with van der Waals surface area (Å²) >= 11 is 1.44. The van der Waals surface area contributed by atoms with Gasteiger partial charge in [0.2, 0.25) is 0 Å². The molecule has 0 unspecified atom stereocenters. The Kier molecular flexibility index (Phi) is 3.97. The van der Waals surface area contributed by atoms with Crippen LogP contribution in [0.2, 0.25) is 0 Å². The molecule has 0 aliphatic rings. The molecule has 0 atom stereocenters. The number of thiazole rings is 1. The number of hydrogen-bond donors (Lipinski definition) is 0. The third-order valence-electron chi connectivity index (χ3n) is 2.86. The smallest absolute Gasteiger partial charge is 0.258 e. The Labute approximate surface area is 130 Å². The van der Waals surface area contributed by atoms with Crippen molar-refractivity contribution in [3.63, 3.8) is 0 Å². The van der Waals surface area contributed by atoms with E-state index in [1.165, 1.54) is 29.8 Å². The van der Waals surface area contributed by atoms with Crippen LogP contribution >= 0.6 is 11.3 Å². The van der Waals surface area contributed by atoms with E-state index in [0.29, 0.717) is 0 Å². The van der Waals surface area contributed by atoms with Crippen molar-refractivity contribution in [2.24, 2.45) is 0 Å². The van der Waals surface area contributed by atoms with E-state index in [1.54, 1.807) is 18.3 Å². The van der Waals surface area contributed by atoms with Crippen molar-refractivity contribution in [1.29, 1.82) is 0 Å². The van der Waals surface area contributed by atoms with Crippen LogP contribution in [0.1, 0.15) is 11.4 Å². The van der Waals surface area contributed by atoms with Crippen molar-refractivity contribution in [3.05, 3.63) is 69.7 Å². The number of aromatic nitrogens is 3. The predicted molar refractivity (Wildman–Crippen MR) is 85.2 cm³/mol. The van der Waals surface area contributed by atoms with E-state index in [4.69, 9.17) is 0 Å². The number of hydrogen-bond acceptors (Lipinski definition) is 6. The topological polar surface area (TPSA) is 81.8 Å². The zero-order chi connectivity index (χ0) is 15.4. The zero-order valence-corrected chi connectivity index (χ0v) is 12.1. The first-order chi connectivity index (χ1) is 10.7. The second-order valence-corrected chi connectivity index (χ2v) is 5.21. The first-order valence-corrected chi connectivity index (χ1v) is 7.25. The van der Waals surface area contributed by atoms with Gasteiger partial charge in [-0.1, -0.05) is 12.1 Å². The fourth-order valence-corrected chi connectivity index (χ4v) is 2.60. The molecular formula is C15H10N4O2S. The maximum atomic E-state index is 10.8. The first-order valence-electron chi connectivity index (χ1n) is 6.37. The molecule has 2 aromatic heterocycles. The molecule has 0 radical (unpaired) electrons. The molecule has 1 aromatic carbocycles. The summed E-state index contributed by atoms with van der Waals surface area (Å²) in [5, 5.41) is 13.5. The Morgan fingerprint density at radius 1 is 1.18 bits per heavy atom. The molecule has 0 aliphatic heterocycles. The number of nitro benzene ring substituents is 1. The number of rotatable bonds is 4. The minimum Gasteiger partial charge on any atom is -0.258 e. The lowest BCUT2D eigenvalue weighted by Crippen LogP contribution is -1.87. The highest BCUT2D eigenvalue weighted by molar-refractivity contribution is 7.13. The number of nitro groups is 1. The van der Waals surface area contributed by atoms with Gasteiger partial charge in [0.05, 0.1) is 16.3 Å². The Balaban J connectivity index is 1.83.